The van der Waals surface area contributed by atoms with E-state index >= 15 is 0 Å². The molecule has 4 nitrogen and oxygen atoms in total. The highest BCUT2D eigenvalue weighted by Crippen LogP contribution is 2.33. The monoisotopic (exact) mass is 319 g/mol. The third-order valence-corrected chi connectivity index (χ3v) is 5.51. The lowest BCUT2D eigenvalue weighted by Crippen LogP contribution is -2.43. The molecule has 0 saturated carbocycles. The molecule has 0 aliphatic carbocycles. The third kappa shape index (κ3) is 3.41. The van der Waals surface area contributed by atoms with Crippen LogP contribution in [0.15, 0.2) is 24.3 Å². The summed E-state index contributed by atoms with van der Waals surface area (Å²) in [7, 11) is 2.11. The summed E-state index contributed by atoms with van der Waals surface area (Å²) in [4.78, 5) is 17.2. The van der Waals surface area contributed by atoms with Crippen molar-refractivity contribution in [3.8, 4) is 0 Å². The first-order valence-electron chi connectivity index (χ1n) is 8.07. The highest BCUT2D eigenvalue weighted by molar-refractivity contribution is 7.99. The molecule has 2 atom stereocenters. The second-order valence-corrected chi connectivity index (χ2v) is 7.56. The average Bonchev–Trinajstić information content (AvgIpc) is 2.65. The fourth-order valence-corrected chi connectivity index (χ4v) is 4.31. The van der Waals surface area contributed by atoms with E-state index in [0.717, 1.165) is 42.5 Å². The molecule has 5 heteroatoms. The van der Waals surface area contributed by atoms with Crippen LogP contribution in [0.3, 0.4) is 0 Å². The fraction of sp³-hybridized carbons (Fsp3) is 0.588. The van der Waals surface area contributed by atoms with Gasteiger partial charge < -0.3 is 15.1 Å². The lowest BCUT2D eigenvalue weighted by Gasteiger charge is -2.28. The molecule has 1 N–H and O–H groups in total. The number of hydrogen-bond donors (Lipinski definition) is 1. The molecule has 0 radical (unpaired) electrons. The number of carbonyl (C=O) groups excluding carboxylic acids is 1. The summed E-state index contributed by atoms with van der Waals surface area (Å²) >= 11 is 1.94. The van der Waals surface area contributed by atoms with Crippen molar-refractivity contribution in [3.05, 3.63) is 24.3 Å². The summed E-state index contributed by atoms with van der Waals surface area (Å²) in [6, 6.07) is 8.58. The molecule has 0 aromatic heterocycles. The minimum Gasteiger partial charge on any atom is -0.373 e. The normalized spacial score (nSPS) is 25.5. The van der Waals surface area contributed by atoms with Gasteiger partial charge in [-0.2, -0.15) is 11.8 Å². The summed E-state index contributed by atoms with van der Waals surface area (Å²) in [5.41, 5.74) is 2.22. The number of thioether (sulfide) groups is 1. The van der Waals surface area contributed by atoms with Crippen molar-refractivity contribution in [3.63, 3.8) is 0 Å². The fourth-order valence-electron chi connectivity index (χ4n) is 3.36. The van der Waals surface area contributed by atoms with Gasteiger partial charge in [0.05, 0.1) is 11.4 Å². The van der Waals surface area contributed by atoms with Crippen LogP contribution in [-0.2, 0) is 4.79 Å². The molecular formula is C17H25N3OS. The van der Waals surface area contributed by atoms with Gasteiger partial charge in [0.2, 0.25) is 5.91 Å². The predicted octanol–water partition coefficient (Wildman–Crippen LogP) is 2.20. The Morgan fingerprint density at radius 1 is 1.32 bits per heavy atom. The van der Waals surface area contributed by atoms with Gasteiger partial charge in [-0.1, -0.05) is 19.1 Å². The van der Waals surface area contributed by atoms with Crippen LogP contribution in [0.1, 0.15) is 13.3 Å². The van der Waals surface area contributed by atoms with E-state index in [1.165, 1.54) is 0 Å². The molecular weight excluding hydrogens is 294 g/mol. The predicted molar refractivity (Wildman–Crippen MR) is 95.0 cm³/mol. The van der Waals surface area contributed by atoms with Crippen molar-refractivity contribution in [2.45, 2.75) is 19.4 Å². The highest BCUT2D eigenvalue weighted by atomic mass is 32.2. The van der Waals surface area contributed by atoms with Gasteiger partial charge in [-0.25, -0.2) is 0 Å². The first kappa shape index (κ1) is 15.7. The van der Waals surface area contributed by atoms with E-state index in [4.69, 9.17) is 0 Å². The Balaban J connectivity index is 1.81. The van der Waals surface area contributed by atoms with Gasteiger partial charge in [0, 0.05) is 50.7 Å². The van der Waals surface area contributed by atoms with Gasteiger partial charge in [-0.3, -0.25) is 4.79 Å². The lowest BCUT2D eigenvalue weighted by molar-refractivity contribution is -0.119. The second kappa shape index (κ2) is 6.92. The van der Waals surface area contributed by atoms with Crippen molar-refractivity contribution in [1.82, 2.24) is 5.32 Å². The molecule has 1 aromatic carbocycles. The minimum absolute atomic E-state index is 0.245. The molecule has 2 heterocycles. The van der Waals surface area contributed by atoms with Crippen molar-refractivity contribution in [2.75, 3.05) is 48.0 Å². The van der Waals surface area contributed by atoms with Crippen LogP contribution in [0.2, 0.25) is 0 Å². The van der Waals surface area contributed by atoms with Crippen molar-refractivity contribution < 1.29 is 4.79 Å². The van der Waals surface area contributed by atoms with E-state index in [0.29, 0.717) is 18.4 Å². The standard InChI is InChI=1S/C17H25N3OS/c1-13-10-19(2)15-5-3-4-6-16(15)20(11-13)17(21)9-14-12-22-8-7-18-14/h3-6,13-14,18H,7-12H2,1-2H3. The van der Waals surface area contributed by atoms with Crippen LogP contribution in [0, 0.1) is 5.92 Å². The number of anilines is 2. The third-order valence-electron chi connectivity index (χ3n) is 4.38. The highest BCUT2D eigenvalue weighted by Gasteiger charge is 2.28. The molecule has 1 amide bonds. The number of para-hydroxylation sites is 2. The number of rotatable bonds is 2. The van der Waals surface area contributed by atoms with E-state index in [1.54, 1.807) is 0 Å². The zero-order valence-electron chi connectivity index (χ0n) is 13.4. The van der Waals surface area contributed by atoms with E-state index in [2.05, 4.69) is 36.3 Å². The van der Waals surface area contributed by atoms with E-state index in [1.807, 2.05) is 28.8 Å². The van der Waals surface area contributed by atoms with Crippen LogP contribution in [0.5, 0.6) is 0 Å². The van der Waals surface area contributed by atoms with Crippen LogP contribution in [-0.4, -0.2) is 50.1 Å². The topological polar surface area (TPSA) is 35.6 Å². The van der Waals surface area contributed by atoms with Crippen molar-refractivity contribution >= 4 is 29.0 Å². The Bertz CT molecular complexity index is 530. The molecule has 2 unspecified atom stereocenters. The SMILES string of the molecule is CC1CN(C)c2ccccc2N(C(=O)CC2CSCCN2)C1. The van der Waals surface area contributed by atoms with Crippen molar-refractivity contribution in [1.29, 1.82) is 0 Å². The van der Waals surface area contributed by atoms with Gasteiger partial charge in [-0.15, -0.1) is 0 Å². The molecule has 0 bridgehead atoms. The van der Waals surface area contributed by atoms with E-state index in [9.17, 15) is 4.79 Å². The summed E-state index contributed by atoms with van der Waals surface area (Å²) in [5.74, 6) is 2.90. The Hall–Kier alpha value is -1.20. The zero-order chi connectivity index (χ0) is 15.5. The molecule has 22 heavy (non-hydrogen) atoms. The van der Waals surface area contributed by atoms with Crippen LogP contribution in [0.25, 0.3) is 0 Å². The van der Waals surface area contributed by atoms with Crippen LogP contribution >= 0.6 is 11.8 Å². The molecule has 1 saturated heterocycles. The average molecular weight is 319 g/mol. The van der Waals surface area contributed by atoms with Gasteiger partial charge in [0.15, 0.2) is 0 Å². The zero-order valence-corrected chi connectivity index (χ0v) is 14.2. The Morgan fingerprint density at radius 2 is 2.09 bits per heavy atom. The Labute approximate surface area is 137 Å². The minimum atomic E-state index is 0.245. The number of nitrogens with zero attached hydrogens (tertiary/aromatic N) is 2. The maximum atomic E-state index is 12.9. The molecule has 2 aliphatic rings. The number of carbonyl (C=O) groups is 1. The number of hydrogen-bond acceptors (Lipinski definition) is 4. The molecule has 0 spiro atoms. The number of benzene rings is 1. The maximum absolute atomic E-state index is 12.9. The van der Waals surface area contributed by atoms with Gasteiger partial charge >= 0.3 is 0 Å². The van der Waals surface area contributed by atoms with E-state index < -0.39 is 0 Å². The number of fused-ring (bicyclic) bond motifs is 1. The quantitative estimate of drug-likeness (QED) is 0.906. The van der Waals surface area contributed by atoms with E-state index in [-0.39, 0.29) is 5.91 Å². The summed E-state index contributed by atoms with van der Waals surface area (Å²) in [6.07, 6.45) is 0.595. The molecule has 1 aromatic rings. The lowest BCUT2D eigenvalue weighted by atomic mass is 10.1. The molecule has 2 aliphatic heterocycles. The first-order valence-corrected chi connectivity index (χ1v) is 9.22. The summed E-state index contributed by atoms with van der Waals surface area (Å²) in [6.45, 7) is 5.02. The summed E-state index contributed by atoms with van der Waals surface area (Å²) in [5, 5.41) is 3.47. The van der Waals surface area contributed by atoms with Crippen molar-refractivity contribution in [2.24, 2.45) is 5.92 Å². The largest absolute Gasteiger partial charge is 0.373 e. The van der Waals surface area contributed by atoms with Crippen LogP contribution < -0.4 is 15.1 Å². The first-order chi connectivity index (χ1) is 10.6. The molecule has 120 valence electrons. The summed E-state index contributed by atoms with van der Waals surface area (Å²) < 4.78 is 0. The Morgan fingerprint density at radius 3 is 2.82 bits per heavy atom. The molecule has 1 fully saturated rings. The van der Waals surface area contributed by atoms with Gasteiger partial charge in [-0.05, 0) is 18.1 Å². The smallest absolute Gasteiger partial charge is 0.228 e. The molecule has 3 rings (SSSR count). The number of nitrogens with one attached hydrogen (secondary N) is 1. The van der Waals surface area contributed by atoms with Gasteiger partial charge in [0.1, 0.15) is 0 Å². The maximum Gasteiger partial charge on any atom is 0.228 e. The Kier molecular flexibility index (Phi) is 4.93. The second-order valence-electron chi connectivity index (χ2n) is 6.41. The van der Waals surface area contributed by atoms with Gasteiger partial charge in [0.25, 0.3) is 0 Å². The van der Waals surface area contributed by atoms with Crippen LogP contribution in [0.4, 0.5) is 11.4 Å². The number of amides is 1.